The molecule has 0 fully saturated rings. The molecule has 0 aliphatic carbocycles. The standard InChI is InChI=1S/C14H19NO2/c1-4-10(2)15-11(3)12-5-6-13-14(9-12)17-8-7-16-13/h4-6,9-11,15H,1,7-8H2,2-3H3. The zero-order valence-electron chi connectivity index (χ0n) is 10.4. The fourth-order valence-corrected chi connectivity index (χ4v) is 1.89. The van der Waals surface area contributed by atoms with Gasteiger partial charge in [0.2, 0.25) is 0 Å². The monoisotopic (exact) mass is 233 g/mol. The van der Waals surface area contributed by atoms with Gasteiger partial charge < -0.3 is 14.8 Å². The third kappa shape index (κ3) is 2.80. The number of fused-ring (bicyclic) bond motifs is 1. The summed E-state index contributed by atoms with van der Waals surface area (Å²) in [5, 5.41) is 3.44. The van der Waals surface area contributed by atoms with Crippen LogP contribution in [0.25, 0.3) is 0 Å². The minimum atomic E-state index is 0.263. The number of benzene rings is 1. The molecule has 3 nitrogen and oxygen atoms in total. The van der Waals surface area contributed by atoms with E-state index in [2.05, 4.69) is 31.8 Å². The van der Waals surface area contributed by atoms with E-state index in [0.717, 1.165) is 11.5 Å². The van der Waals surface area contributed by atoms with Crippen LogP contribution in [0.4, 0.5) is 0 Å². The summed E-state index contributed by atoms with van der Waals surface area (Å²) >= 11 is 0. The van der Waals surface area contributed by atoms with E-state index in [1.165, 1.54) is 5.56 Å². The molecule has 2 unspecified atom stereocenters. The third-order valence-electron chi connectivity index (χ3n) is 2.93. The molecular weight excluding hydrogens is 214 g/mol. The maximum Gasteiger partial charge on any atom is 0.161 e. The number of rotatable bonds is 4. The molecule has 1 aliphatic rings. The summed E-state index contributed by atoms with van der Waals surface area (Å²) in [6.07, 6.45) is 1.90. The molecule has 2 atom stereocenters. The van der Waals surface area contributed by atoms with E-state index >= 15 is 0 Å². The highest BCUT2D eigenvalue weighted by atomic mass is 16.6. The van der Waals surface area contributed by atoms with Crippen molar-refractivity contribution in [1.29, 1.82) is 0 Å². The van der Waals surface area contributed by atoms with Gasteiger partial charge in [-0.25, -0.2) is 0 Å². The van der Waals surface area contributed by atoms with Crippen LogP contribution in [0, 0.1) is 0 Å². The van der Waals surface area contributed by atoms with Gasteiger partial charge in [0.1, 0.15) is 13.2 Å². The van der Waals surface area contributed by atoms with Crippen molar-refractivity contribution in [1.82, 2.24) is 5.32 Å². The molecule has 0 saturated carbocycles. The molecule has 0 saturated heterocycles. The zero-order chi connectivity index (χ0) is 12.3. The van der Waals surface area contributed by atoms with E-state index in [4.69, 9.17) is 9.47 Å². The first-order chi connectivity index (χ1) is 8.20. The lowest BCUT2D eigenvalue weighted by atomic mass is 10.1. The first-order valence-electron chi connectivity index (χ1n) is 5.99. The van der Waals surface area contributed by atoms with E-state index in [-0.39, 0.29) is 6.04 Å². The van der Waals surface area contributed by atoms with Gasteiger partial charge in [0, 0.05) is 12.1 Å². The Bertz CT molecular complexity index is 403. The lowest BCUT2D eigenvalue weighted by Crippen LogP contribution is -2.27. The summed E-state index contributed by atoms with van der Waals surface area (Å²) in [4.78, 5) is 0. The molecular formula is C14H19NO2. The van der Waals surface area contributed by atoms with Crippen molar-refractivity contribution in [2.45, 2.75) is 25.9 Å². The van der Waals surface area contributed by atoms with Gasteiger partial charge in [-0.05, 0) is 31.5 Å². The van der Waals surface area contributed by atoms with Gasteiger partial charge in [-0.15, -0.1) is 6.58 Å². The smallest absolute Gasteiger partial charge is 0.161 e. The topological polar surface area (TPSA) is 30.5 Å². The van der Waals surface area contributed by atoms with Crippen LogP contribution in [0.5, 0.6) is 11.5 Å². The molecule has 0 amide bonds. The second-order valence-corrected chi connectivity index (χ2v) is 4.32. The second kappa shape index (κ2) is 5.23. The highest BCUT2D eigenvalue weighted by Crippen LogP contribution is 2.32. The van der Waals surface area contributed by atoms with Crippen LogP contribution in [-0.2, 0) is 0 Å². The van der Waals surface area contributed by atoms with Crippen LogP contribution in [0.15, 0.2) is 30.9 Å². The maximum atomic E-state index is 5.57. The molecule has 1 aromatic carbocycles. The van der Waals surface area contributed by atoms with E-state index < -0.39 is 0 Å². The van der Waals surface area contributed by atoms with Crippen LogP contribution in [-0.4, -0.2) is 19.3 Å². The fraction of sp³-hybridized carbons (Fsp3) is 0.429. The Kier molecular flexibility index (Phi) is 3.69. The minimum Gasteiger partial charge on any atom is -0.486 e. The molecule has 0 bridgehead atoms. The summed E-state index contributed by atoms with van der Waals surface area (Å²) in [5.74, 6) is 1.68. The van der Waals surface area contributed by atoms with Crippen LogP contribution in [0.3, 0.4) is 0 Å². The summed E-state index contributed by atoms with van der Waals surface area (Å²) in [5.41, 5.74) is 1.20. The Morgan fingerprint density at radius 1 is 1.24 bits per heavy atom. The molecule has 1 aromatic rings. The van der Waals surface area contributed by atoms with Gasteiger partial charge in [0.25, 0.3) is 0 Å². The van der Waals surface area contributed by atoms with Gasteiger partial charge in [-0.3, -0.25) is 0 Å². The van der Waals surface area contributed by atoms with Gasteiger partial charge >= 0.3 is 0 Å². The predicted octanol–water partition coefficient (Wildman–Crippen LogP) is 2.68. The first-order valence-corrected chi connectivity index (χ1v) is 5.99. The Labute approximate surface area is 102 Å². The molecule has 0 aromatic heterocycles. The molecule has 1 heterocycles. The van der Waals surface area contributed by atoms with Crippen molar-refractivity contribution in [3.8, 4) is 11.5 Å². The van der Waals surface area contributed by atoms with Crippen LogP contribution in [0.1, 0.15) is 25.5 Å². The van der Waals surface area contributed by atoms with Crippen LogP contribution in [0.2, 0.25) is 0 Å². The van der Waals surface area contributed by atoms with Crippen LogP contribution >= 0.6 is 0 Å². The zero-order valence-corrected chi connectivity index (χ0v) is 10.4. The quantitative estimate of drug-likeness (QED) is 0.811. The van der Waals surface area contributed by atoms with Crippen LogP contribution < -0.4 is 14.8 Å². The van der Waals surface area contributed by atoms with Crippen molar-refractivity contribution >= 4 is 0 Å². The van der Waals surface area contributed by atoms with Crippen molar-refractivity contribution in [2.75, 3.05) is 13.2 Å². The molecule has 1 N–H and O–H groups in total. The van der Waals surface area contributed by atoms with Crippen molar-refractivity contribution in [2.24, 2.45) is 0 Å². The van der Waals surface area contributed by atoms with E-state index in [0.29, 0.717) is 19.3 Å². The van der Waals surface area contributed by atoms with Crippen molar-refractivity contribution in [3.63, 3.8) is 0 Å². The highest BCUT2D eigenvalue weighted by Gasteiger charge is 2.14. The second-order valence-electron chi connectivity index (χ2n) is 4.32. The molecule has 2 rings (SSSR count). The lowest BCUT2D eigenvalue weighted by molar-refractivity contribution is 0.171. The predicted molar refractivity (Wildman–Crippen MR) is 68.6 cm³/mol. The Morgan fingerprint density at radius 3 is 2.65 bits per heavy atom. The van der Waals surface area contributed by atoms with Crippen molar-refractivity contribution in [3.05, 3.63) is 36.4 Å². The number of ether oxygens (including phenoxy) is 2. The molecule has 0 radical (unpaired) electrons. The summed E-state index contributed by atoms with van der Waals surface area (Å²) < 4.78 is 11.1. The average Bonchev–Trinajstić information content (AvgIpc) is 2.38. The summed E-state index contributed by atoms with van der Waals surface area (Å²) in [6, 6.07) is 6.64. The van der Waals surface area contributed by atoms with Crippen molar-refractivity contribution < 1.29 is 9.47 Å². The minimum absolute atomic E-state index is 0.263. The number of hydrogen-bond acceptors (Lipinski definition) is 3. The molecule has 1 aliphatic heterocycles. The molecule has 17 heavy (non-hydrogen) atoms. The first kappa shape index (κ1) is 12.0. The average molecular weight is 233 g/mol. The Balaban J connectivity index is 2.13. The molecule has 3 heteroatoms. The van der Waals surface area contributed by atoms with Gasteiger partial charge in [-0.1, -0.05) is 12.1 Å². The normalized spacial score (nSPS) is 17.3. The molecule has 92 valence electrons. The van der Waals surface area contributed by atoms with Gasteiger partial charge in [0.15, 0.2) is 11.5 Å². The Hall–Kier alpha value is -1.48. The van der Waals surface area contributed by atoms with E-state index in [1.54, 1.807) is 0 Å². The Morgan fingerprint density at radius 2 is 1.94 bits per heavy atom. The third-order valence-corrected chi connectivity index (χ3v) is 2.93. The largest absolute Gasteiger partial charge is 0.486 e. The van der Waals surface area contributed by atoms with E-state index in [9.17, 15) is 0 Å². The van der Waals surface area contributed by atoms with E-state index in [1.807, 2.05) is 18.2 Å². The molecule has 0 spiro atoms. The summed E-state index contributed by atoms with van der Waals surface area (Å²) in [6.45, 7) is 9.24. The number of hydrogen-bond donors (Lipinski definition) is 1. The fourth-order valence-electron chi connectivity index (χ4n) is 1.89. The maximum absolute atomic E-state index is 5.57. The number of nitrogens with one attached hydrogen (secondary N) is 1. The summed E-state index contributed by atoms with van der Waals surface area (Å²) in [7, 11) is 0. The van der Waals surface area contributed by atoms with Gasteiger partial charge in [-0.2, -0.15) is 0 Å². The highest BCUT2D eigenvalue weighted by molar-refractivity contribution is 5.44. The van der Waals surface area contributed by atoms with Gasteiger partial charge in [0.05, 0.1) is 0 Å². The lowest BCUT2D eigenvalue weighted by Gasteiger charge is -2.22. The SMILES string of the molecule is C=CC(C)NC(C)c1ccc2c(c1)OCCO2.